The van der Waals surface area contributed by atoms with Crippen molar-refractivity contribution in [2.75, 3.05) is 10.0 Å². The van der Waals surface area contributed by atoms with Crippen molar-refractivity contribution in [2.24, 2.45) is 0 Å². The number of halogens is 1. The fourth-order valence-electron chi connectivity index (χ4n) is 3.67. The fourth-order valence-corrected chi connectivity index (χ4v) is 5.01. The number of aryl methyl sites for hydroxylation is 1. The Labute approximate surface area is 188 Å². The lowest BCUT2D eigenvalue weighted by Gasteiger charge is -2.13. The van der Waals surface area contributed by atoms with Crippen LogP contribution in [0, 0.1) is 18.3 Å². The molecule has 2 N–H and O–H groups in total. The summed E-state index contributed by atoms with van der Waals surface area (Å²) >= 11 is 3.35. The van der Waals surface area contributed by atoms with Crippen LogP contribution in [-0.4, -0.2) is 18.9 Å². The van der Waals surface area contributed by atoms with Crippen molar-refractivity contribution in [3.8, 4) is 6.07 Å². The molecule has 0 aliphatic carbocycles. The Balaban J connectivity index is 1.77. The topological polar surface area (TPSA) is 104 Å². The molecule has 0 saturated carbocycles. The molecule has 0 saturated heterocycles. The second kappa shape index (κ2) is 8.21. The number of nitrogens with one attached hydrogen (secondary N) is 2. The van der Waals surface area contributed by atoms with Crippen molar-refractivity contribution in [1.29, 1.82) is 5.26 Å². The number of sulfonamides is 1. The van der Waals surface area contributed by atoms with Gasteiger partial charge in [0.25, 0.3) is 15.9 Å². The summed E-state index contributed by atoms with van der Waals surface area (Å²) in [6.45, 7) is 2.40. The molecule has 4 rings (SSSR count). The monoisotopic (exact) mass is 498 g/mol. The highest BCUT2D eigenvalue weighted by molar-refractivity contribution is 9.10. The van der Waals surface area contributed by atoms with E-state index in [1.165, 1.54) is 12.1 Å². The highest BCUT2D eigenvalue weighted by Gasteiger charge is 2.32. The first-order valence-electron chi connectivity index (χ1n) is 9.62. The number of nitrogens with zero attached hydrogens (tertiary/aromatic N) is 2. The third-order valence-electron chi connectivity index (χ3n) is 5.16. The van der Waals surface area contributed by atoms with Gasteiger partial charge in [0.05, 0.1) is 16.1 Å². The molecular formula is C22H19BrN4O3S. The highest BCUT2D eigenvalue weighted by Crippen LogP contribution is 2.35. The predicted molar refractivity (Wildman–Crippen MR) is 122 cm³/mol. The van der Waals surface area contributed by atoms with E-state index in [0.717, 1.165) is 16.5 Å². The fraction of sp³-hybridized carbons (Fsp3) is 0.182. The van der Waals surface area contributed by atoms with Gasteiger partial charge in [-0.15, -0.1) is 0 Å². The van der Waals surface area contributed by atoms with Crippen LogP contribution in [0.2, 0.25) is 0 Å². The molecule has 9 heteroatoms. The smallest absolute Gasteiger partial charge is 0.274 e. The standard InChI is InChI=1S/C22H19BrN4O3S/c1-14-4-10-17(11-5-14)31(29,30)26-20-18(13-24)19-3-2-12-27(19)21(20)22(28)25-16-8-6-15(23)7-9-16/h4-11,26H,2-3,12H2,1H3,(H,25,28). The molecule has 158 valence electrons. The molecule has 3 aromatic rings. The van der Waals surface area contributed by atoms with Crippen LogP contribution in [0.5, 0.6) is 0 Å². The Morgan fingerprint density at radius 2 is 1.81 bits per heavy atom. The van der Waals surface area contributed by atoms with Gasteiger partial charge in [0.1, 0.15) is 11.8 Å². The van der Waals surface area contributed by atoms with Crippen LogP contribution in [0.3, 0.4) is 0 Å². The molecule has 0 spiro atoms. The van der Waals surface area contributed by atoms with Crippen molar-refractivity contribution in [3.05, 3.63) is 75.5 Å². The number of nitriles is 1. The zero-order valence-electron chi connectivity index (χ0n) is 16.6. The normalized spacial score (nSPS) is 12.8. The first-order chi connectivity index (χ1) is 14.8. The molecule has 1 amide bonds. The van der Waals surface area contributed by atoms with Crippen LogP contribution >= 0.6 is 15.9 Å². The molecule has 0 fully saturated rings. The number of carbonyl (C=O) groups is 1. The number of anilines is 2. The summed E-state index contributed by atoms with van der Waals surface area (Å²) in [6.07, 6.45) is 1.39. The highest BCUT2D eigenvalue weighted by atomic mass is 79.9. The van der Waals surface area contributed by atoms with Gasteiger partial charge in [-0.05, 0) is 56.2 Å². The molecular weight excluding hydrogens is 480 g/mol. The van der Waals surface area contributed by atoms with Crippen molar-refractivity contribution in [3.63, 3.8) is 0 Å². The molecule has 0 bridgehead atoms. The minimum absolute atomic E-state index is 0.0207. The van der Waals surface area contributed by atoms with E-state index >= 15 is 0 Å². The molecule has 0 radical (unpaired) electrons. The second-order valence-electron chi connectivity index (χ2n) is 7.29. The van der Waals surface area contributed by atoms with Crippen molar-refractivity contribution >= 4 is 43.2 Å². The van der Waals surface area contributed by atoms with E-state index in [9.17, 15) is 18.5 Å². The number of hydrogen-bond donors (Lipinski definition) is 2. The van der Waals surface area contributed by atoms with Crippen LogP contribution in [0.15, 0.2) is 57.9 Å². The third kappa shape index (κ3) is 4.09. The van der Waals surface area contributed by atoms with E-state index in [1.54, 1.807) is 41.0 Å². The van der Waals surface area contributed by atoms with E-state index in [2.05, 4.69) is 32.0 Å². The third-order valence-corrected chi connectivity index (χ3v) is 7.06. The molecule has 31 heavy (non-hydrogen) atoms. The number of hydrogen-bond acceptors (Lipinski definition) is 4. The van der Waals surface area contributed by atoms with Gasteiger partial charge in [-0.25, -0.2) is 8.42 Å². The molecule has 1 aliphatic rings. The van der Waals surface area contributed by atoms with E-state index in [-0.39, 0.29) is 21.8 Å². The molecule has 2 aromatic carbocycles. The van der Waals surface area contributed by atoms with Crippen molar-refractivity contribution in [2.45, 2.75) is 31.2 Å². The Bertz CT molecular complexity index is 1300. The molecule has 1 aliphatic heterocycles. The molecule has 0 unspecified atom stereocenters. The van der Waals surface area contributed by atoms with Crippen LogP contribution in [0.1, 0.15) is 33.7 Å². The van der Waals surface area contributed by atoms with Gasteiger partial charge in [0.2, 0.25) is 0 Å². The van der Waals surface area contributed by atoms with Crippen LogP contribution in [0.25, 0.3) is 0 Å². The summed E-state index contributed by atoms with van der Waals surface area (Å²) in [4.78, 5) is 13.3. The SMILES string of the molecule is Cc1ccc(S(=O)(=O)Nc2c(C#N)c3n(c2C(=O)Nc2ccc(Br)cc2)CCC3)cc1. The summed E-state index contributed by atoms with van der Waals surface area (Å²) in [5, 5.41) is 12.6. The predicted octanol–water partition coefficient (Wildman–Crippen LogP) is 4.43. The summed E-state index contributed by atoms with van der Waals surface area (Å²) in [5.74, 6) is -0.478. The average molecular weight is 499 g/mol. The number of amides is 1. The minimum atomic E-state index is -3.99. The van der Waals surface area contributed by atoms with E-state index in [4.69, 9.17) is 0 Å². The molecule has 7 nitrogen and oxygen atoms in total. The Morgan fingerprint density at radius 1 is 1.13 bits per heavy atom. The lowest BCUT2D eigenvalue weighted by molar-refractivity contribution is 0.101. The maximum Gasteiger partial charge on any atom is 0.274 e. The van der Waals surface area contributed by atoms with Gasteiger partial charge >= 0.3 is 0 Å². The second-order valence-corrected chi connectivity index (χ2v) is 9.89. The van der Waals surface area contributed by atoms with Crippen LogP contribution < -0.4 is 10.0 Å². The zero-order valence-corrected chi connectivity index (χ0v) is 19.0. The molecule has 1 aromatic heterocycles. The summed E-state index contributed by atoms with van der Waals surface area (Å²) < 4.78 is 31.1. The first-order valence-corrected chi connectivity index (χ1v) is 11.9. The van der Waals surface area contributed by atoms with E-state index < -0.39 is 15.9 Å². The maximum atomic E-state index is 13.2. The van der Waals surface area contributed by atoms with Crippen molar-refractivity contribution in [1.82, 2.24) is 4.57 Å². The summed E-state index contributed by atoms with van der Waals surface area (Å²) in [7, 11) is -3.99. The van der Waals surface area contributed by atoms with Crippen molar-refractivity contribution < 1.29 is 13.2 Å². The van der Waals surface area contributed by atoms with E-state index in [0.29, 0.717) is 24.3 Å². The number of aromatic nitrogens is 1. The Morgan fingerprint density at radius 3 is 2.45 bits per heavy atom. The van der Waals surface area contributed by atoms with Gasteiger partial charge < -0.3 is 9.88 Å². The van der Waals surface area contributed by atoms with Gasteiger partial charge in [0, 0.05) is 22.4 Å². The summed E-state index contributed by atoms with van der Waals surface area (Å²) in [5.41, 5.74) is 2.51. The quantitative estimate of drug-likeness (QED) is 0.542. The maximum absolute atomic E-state index is 13.2. The van der Waals surface area contributed by atoms with Gasteiger partial charge in [-0.2, -0.15) is 5.26 Å². The van der Waals surface area contributed by atoms with Gasteiger partial charge in [-0.3, -0.25) is 9.52 Å². The molecule has 2 heterocycles. The number of carbonyl (C=O) groups excluding carboxylic acids is 1. The van der Waals surface area contributed by atoms with Gasteiger partial charge in [-0.1, -0.05) is 33.6 Å². The van der Waals surface area contributed by atoms with E-state index in [1.807, 2.05) is 6.92 Å². The largest absolute Gasteiger partial charge is 0.337 e. The Kier molecular flexibility index (Phi) is 5.60. The lowest BCUT2D eigenvalue weighted by Crippen LogP contribution is -2.21. The zero-order chi connectivity index (χ0) is 22.2. The van der Waals surface area contributed by atoms with Crippen LogP contribution in [0.4, 0.5) is 11.4 Å². The number of benzene rings is 2. The van der Waals surface area contributed by atoms with Crippen LogP contribution in [-0.2, 0) is 23.0 Å². The minimum Gasteiger partial charge on any atom is -0.337 e. The lowest BCUT2D eigenvalue weighted by atomic mass is 10.1. The number of rotatable bonds is 5. The van der Waals surface area contributed by atoms with Gasteiger partial charge in [0.15, 0.2) is 0 Å². The Hall–Kier alpha value is -3.09. The summed E-state index contributed by atoms with van der Waals surface area (Å²) in [6, 6.07) is 15.5. The first kappa shape index (κ1) is 21.2. The molecule has 0 atom stereocenters. The number of fused-ring (bicyclic) bond motifs is 1. The average Bonchev–Trinajstić information content (AvgIpc) is 3.29.